The minimum absolute atomic E-state index is 0.000439. The Morgan fingerprint density at radius 1 is 1.12 bits per heavy atom. The number of carbonyl (C=O) groups is 2. The Morgan fingerprint density at radius 3 is 2.20 bits per heavy atom. The molecule has 5 nitrogen and oxygen atoms in total. The molecule has 0 heterocycles. The molecular formula is C20H32N2O3. The van der Waals surface area contributed by atoms with Crippen LogP contribution in [0.15, 0.2) is 24.3 Å². The molecule has 0 radical (unpaired) electrons. The molecule has 1 aromatic carbocycles. The number of rotatable bonds is 8. The van der Waals surface area contributed by atoms with Crippen molar-refractivity contribution >= 4 is 11.8 Å². The van der Waals surface area contributed by atoms with E-state index in [4.69, 9.17) is 4.74 Å². The van der Waals surface area contributed by atoms with Gasteiger partial charge < -0.3 is 15.4 Å². The number of methoxy groups -OCH3 is 1. The summed E-state index contributed by atoms with van der Waals surface area (Å²) in [4.78, 5) is 24.0. The first-order valence-corrected chi connectivity index (χ1v) is 8.86. The van der Waals surface area contributed by atoms with Crippen molar-refractivity contribution in [2.45, 2.75) is 53.5 Å². The highest BCUT2D eigenvalue weighted by molar-refractivity contribution is 5.81. The predicted molar refractivity (Wildman–Crippen MR) is 100 cm³/mol. The molecule has 5 heteroatoms. The molecule has 0 saturated carbocycles. The number of ether oxygens (including phenoxy) is 1. The summed E-state index contributed by atoms with van der Waals surface area (Å²) < 4.78 is 5.18. The molecule has 0 saturated heterocycles. The molecule has 1 rings (SSSR count). The Bertz CT molecular complexity index is 559. The molecule has 1 aromatic rings. The Hall–Kier alpha value is -2.04. The van der Waals surface area contributed by atoms with E-state index in [0.29, 0.717) is 19.4 Å². The largest absolute Gasteiger partial charge is 0.497 e. The second-order valence-electron chi connectivity index (χ2n) is 7.67. The fourth-order valence-electron chi connectivity index (χ4n) is 2.41. The first-order chi connectivity index (χ1) is 11.6. The van der Waals surface area contributed by atoms with Gasteiger partial charge in [-0.2, -0.15) is 0 Å². The number of nitrogens with one attached hydrogen (secondary N) is 2. The molecule has 0 aliphatic rings. The maximum absolute atomic E-state index is 12.2. The summed E-state index contributed by atoms with van der Waals surface area (Å²) in [5.41, 5.74) is 0.657. The maximum atomic E-state index is 12.2. The second kappa shape index (κ2) is 9.44. The SMILES string of the molecule is COc1ccc(C(NC(=O)CCCNC(=O)C(C)(C)C)C(C)C)cc1. The smallest absolute Gasteiger partial charge is 0.225 e. The minimum atomic E-state index is -0.403. The highest BCUT2D eigenvalue weighted by Gasteiger charge is 2.21. The van der Waals surface area contributed by atoms with Gasteiger partial charge in [-0.3, -0.25) is 9.59 Å². The zero-order chi connectivity index (χ0) is 19.0. The monoisotopic (exact) mass is 348 g/mol. The molecule has 25 heavy (non-hydrogen) atoms. The summed E-state index contributed by atoms with van der Waals surface area (Å²) in [6.07, 6.45) is 1.02. The van der Waals surface area contributed by atoms with Crippen LogP contribution in [0.3, 0.4) is 0 Å². The third-order valence-electron chi connectivity index (χ3n) is 4.01. The van der Waals surface area contributed by atoms with Crippen LogP contribution >= 0.6 is 0 Å². The summed E-state index contributed by atoms with van der Waals surface area (Å²) in [7, 11) is 1.63. The summed E-state index contributed by atoms with van der Waals surface area (Å²) in [5.74, 6) is 1.08. The Labute approximate surface area is 151 Å². The van der Waals surface area contributed by atoms with Crippen LogP contribution in [0.2, 0.25) is 0 Å². The number of benzene rings is 1. The Morgan fingerprint density at radius 2 is 1.72 bits per heavy atom. The van der Waals surface area contributed by atoms with E-state index in [1.54, 1.807) is 7.11 Å². The van der Waals surface area contributed by atoms with E-state index in [9.17, 15) is 9.59 Å². The summed E-state index contributed by atoms with van der Waals surface area (Å²) >= 11 is 0. The molecular weight excluding hydrogens is 316 g/mol. The van der Waals surface area contributed by atoms with Gasteiger partial charge in [-0.1, -0.05) is 46.8 Å². The molecule has 0 bridgehead atoms. The van der Waals surface area contributed by atoms with Crippen molar-refractivity contribution in [3.8, 4) is 5.75 Å². The summed E-state index contributed by atoms with van der Waals surface area (Å²) in [6.45, 7) is 10.3. The van der Waals surface area contributed by atoms with Gasteiger partial charge in [0.1, 0.15) is 5.75 Å². The lowest BCUT2D eigenvalue weighted by molar-refractivity contribution is -0.128. The third kappa shape index (κ3) is 7.16. The minimum Gasteiger partial charge on any atom is -0.497 e. The van der Waals surface area contributed by atoms with Crippen molar-refractivity contribution in [2.24, 2.45) is 11.3 Å². The van der Waals surface area contributed by atoms with Crippen molar-refractivity contribution in [2.75, 3.05) is 13.7 Å². The van der Waals surface area contributed by atoms with Gasteiger partial charge in [0.15, 0.2) is 0 Å². The molecule has 0 aliphatic heterocycles. The lowest BCUT2D eigenvalue weighted by Gasteiger charge is -2.23. The first-order valence-electron chi connectivity index (χ1n) is 8.86. The highest BCUT2D eigenvalue weighted by Crippen LogP contribution is 2.24. The van der Waals surface area contributed by atoms with Crippen molar-refractivity contribution < 1.29 is 14.3 Å². The first kappa shape index (κ1) is 21.0. The van der Waals surface area contributed by atoms with Gasteiger partial charge in [-0.05, 0) is 30.0 Å². The molecule has 140 valence electrons. The highest BCUT2D eigenvalue weighted by atomic mass is 16.5. The van der Waals surface area contributed by atoms with Crippen LogP contribution in [0.1, 0.15) is 59.1 Å². The van der Waals surface area contributed by atoms with Gasteiger partial charge in [0.2, 0.25) is 11.8 Å². The Balaban J connectivity index is 2.50. The average molecular weight is 348 g/mol. The van der Waals surface area contributed by atoms with Crippen LogP contribution in [0.4, 0.5) is 0 Å². The van der Waals surface area contributed by atoms with E-state index in [1.807, 2.05) is 45.0 Å². The zero-order valence-electron chi connectivity index (χ0n) is 16.3. The van der Waals surface area contributed by atoms with E-state index in [2.05, 4.69) is 24.5 Å². The van der Waals surface area contributed by atoms with Gasteiger partial charge in [0.25, 0.3) is 0 Å². The number of amides is 2. The van der Waals surface area contributed by atoms with E-state index in [-0.39, 0.29) is 23.8 Å². The number of hydrogen-bond acceptors (Lipinski definition) is 3. The molecule has 2 amide bonds. The Kier molecular flexibility index (Phi) is 7.94. The van der Waals surface area contributed by atoms with Crippen molar-refractivity contribution in [3.63, 3.8) is 0 Å². The number of carbonyl (C=O) groups excluding carboxylic acids is 2. The van der Waals surface area contributed by atoms with E-state index < -0.39 is 5.41 Å². The van der Waals surface area contributed by atoms with Crippen molar-refractivity contribution in [1.29, 1.82) is 0 Å². The lowest BCUT2D eigenvalue weighted by Crippen LogP contribution is -2.36. The van der Waals surface area contributed by atoms with Gasteiger partial charge in [-0.25, -0.2) is 0 Å². The average Bonchev–Trinajstić information content (AvgIpc) is 2.55. The molecule has 2 N–H and O–H groups in total. The van der Waals surface area contributed by atoms with E-state index in [0.717, 1.165) is 11.3 Å². The fourth-order valence-corrected chi connectivity index (χ4v) is 2.41. The van der Waals surface area contributed by atoms with Crippen LogP contribution in [0.5, 0.6) is 5.75 Å². The third-order valence-corrected chi connectivity index (χ3v) is 4.01. The van der Waals surface area contributed by atoms with Crippen LogP contribution in [0.25, 0.3) is 0 Å². The molecule has 1 atom stereocenters. The fraction of sp³-hybridized carbons (Fsp3) is 0.600. The molecule has 1 unspecified atom stereocenters. The standard InChI is InChI=1S/C20H32N2O3/c1-14(2)18(15-9-11-16(25-6)12-10-15)22-17(23)8-7-13-21-19(24)20(3,4)5/h9-12,14,18H,7-8,13H2,1-6H3,(H,21,24)(H,22,23). The van der Waals surface area contributed by atoms with Crippen LogP contribution < -0.4 is 15.4 Å². The molecule has 0 spiro atoms. The van der Waals surface area contributed by atoms with E-state index >= 15 is 0 Å². The summed E-state index contributed by atoms with van der Waals surface area (Å²) in [6, 6.07) is 7.72. The molecule has 0 aromatic heterocycles. The van der Waals surface area contributed by atoms with Gasteiger partial charge in [0, 0.05) is 18.4 Å². The molecule has 0 fully saturated rings. The van der Waals surface area contributed by atoms with Crippen LogP contribution in [-0.4, -0.2) is 25.5 Å². The van der Waals surface area contributed by atoms with Crippen LogP contribution in [-0.2, 0) is 9.59 Å². The second-order valence-corrected chi connectivity index (χ2v) is 7.67. The number of hydrogen-bond donors (Lipinski definition) is 2. The van der Waals surface area contributed by atoms with Gasteiger partial charge >= 0.3 is 0 Å². The quantitative estimate of drug-likeness (QED) is 0.707. The maximum Gasteiger partial charge on any atom is 0.225 e. The molecule has 0 aliphatic carbocycles. The van der Waals surface area contributed by atoms with Crippen molar-refractivity contribution in [3.05, 3.63) is 29.8 Å². The zero-order valence-corrected chi connectivity index (χ0v) is 16.3. The summed E-state index contributed by atoms with van der Waals surface area (Å²) in [5, 5.41) is 5.96. The van der Waals surface area contributed by atoms with Crippen molar-refractivity contribution in [1.82, 2.24) is 10.6 Å². The topological polar surface area (TPSA) is 67.4 Å². The normalized spacial score (nSPS) is 12.6. The predicted octanol–water partition coefficient (Wildman–Crippen LogP) is 3.45. The van der Waals surface area contributed by atoms with E-state index in [1.165, 1.54) is 0 Å². The lowest BCUT2D eigenvalue weighted by atomic mass is 9.95. The van der Waals surface area contributed by atoms with Crippen LogP contribution in [0, 0.1) is 11.3 Å². The van der Waals surface area contributed by atoms with Gasteiger partial charge in [-0.15, -0.1) is 0 Å². The van der Waals surface area contributed by atoms with Gasteiger partial charge in [0.05, 0.1) is 13.2 Å².